The number of rotatable bonds is 3. The number of benzene rings is 1. The van der Waals surface area contributed by atoms with Crippen molar-refractivity contribution in [3.8, 4) is 0 Å². The maximum absolute atomic E-state index is 6.10. The Kier molecular flexibility index (Phi) is 4.47. The van der Waals surface area contributed by atoms with E-state index in [2.05, 4.69) is 5.32 Å². The highest BCUT2D eigenvalue weighted by molar-refractivity contribution is 6.35. The lowest BCUT2D eigenvalue weighted by Crippen LogP contribution is -2.34. The molecule has 2 nitrogen and oxygen atoms in total. The van der Waals surface area contributed by atoms with Crippen LogP contribution in [-0.2, 0) is 11.3 Å². The van der Waals surface area contributed by atoms with Gasteiger partial charge in [-0.3, -0.25) is 0 Å². The molecule has 0 radical (unpaired) electrons. The van der Waals surface area contributed by atoms with E-state index in [9.17, 15) is 0 Å². The molecule has 0 aliphatic carbocycles. The van der Waals surface area contributed by atoms with Gasteiger partial charge in [0, 0.05) is 41.4 Å². The second-order valence-corrected chi connectivity index (χ2v) is 4.78. The van der Waals surface area contributed by atoms with Crippen molar-refractivity contribution in [2.75, 3.05) is 13.2 Å². The van der Waals surface area contributed by atoms with Gasteiger partial charge in [0.15, 0.2) is 0 Å². The van der Waals surface area contributed by atoms with Gasteiger partial charge in [-0.15, -0.1) is 0 Å². The molecule has 1 aromatic carbocycles. The van der Waals surface area contributed by atoms with Crippen molar-refractivity contribution < 1.29 is 4.74 Å². The Labute approximate surface area is 106 Å². The maximum atomic E-state index is 6.10. The Morgan fingerprint density at radius 3 is 2.44 bits per heavy atom. The van der Waals surface area contributed by atoms with Crippen molar-refractivity contribution in [2.24, 2.45) is 0 Å². The van der Waals surface area contributed by atoms with Crippen LogP contribution in [0.1, 0.15) is 18.4 Å². The SMILES string of the molecule is Clc1cccc(Cl)c1CNC1CCOCC1. The van der Waals surface area contributed by atoms with E-state index >= 15 is 0 Å². The summed E-state index contributed by atoms with van der Waals surface area (Å²) in [5, 5.41) is 4.93. The molecule has 1 N–H and O–H groups in total. The van der Waals surface area contributed by atoms with Gasteiger partial charge in [0.2, 0.25) is 0 Å². The van der Waals surface area contributed by atoms with Crippen LogP contribution in [-0.4, -0.2) is 19.3 Å². The van der Waals surface area contributed by atoms with E-state index in [-0.39, 0.29) is 0 Å². The van der Waals surface area contributed by atoms with E-state index in [0.29, 0.717) is 6.04 Å². The highest BCUT2D eigenvalue weighted by Crippen LogP contribution is 2.24. The van der Waals surface area contributed by atoms with Crippen molar-refractivity contribution in [3.05, 3.63) is 33.8 Å². The van der Waals surface area contributed by atoms with E-state index in [1.54, 1.807) is 0 Å². The quantitative estimate of drug-likeness (QED) is 0.900. The second kappa shape index (κ2) is 5.87. The molecule has 88 valence electrons. The van der Waals surface area contributed by atoms with Crippen LogP contribution in [0.3, 0.4) is 0 Å². The van der Waals surface area contributed by atoms with Gasteiger partial charge in [-0.1, -0.05) is 29.3 Å². The highest BCUT2D eigenvalue weighted by atomic mass is 35.5. The summed E-state index contributed by atoms with van der Waals surface area (Å²) in [6.07, 6.45) is 2.12. The smallest absolute Gasteiger partial charge is 0.0480 e. The molecule has 1 aliphatic rings. The molecule has 0 amide bonds. The Morgan fingerprint density at radius 2 is 1.81 bits per heavy atom. The summed E-state index contributed by atoms with van der Waals surface area (Å²) in [5.41, 5.74) is 0.984. The van der Waals surface area contributed by atoms with E-state index in [1.807, 2.05) is 18.2 Å². The average Bonchev–Trinajstić information content (AvgIpc) is 2.30. The van der Waals surface area contributed by atoms with Crippen LogP contribution in [0.25, 0.3) is 0 Å². The predicted octanol–water partition coefficient (Wildman–Crippen LogP) is 3.26. The van der Waals surface area contributed by atoms with Crippen LogP contribution in [0, 0.1) is 0 Å². The van der Waals surface area contributed by atoms with Crippen LogP contribution < -0.4 is 5.32 Å². The maximum Gasteiger partial charge on any atom is 0.0480 e. The minimum absolute atomic E-state index is 0.515. The first kappa shape index (κ1) is 12.2. The molecular formula is C12H15Cl2NO. The Hall–Kier alpha value is -0.280. The molecule has 0 aromatic heterocycles. The minimum Gasteiger partial charge on any atom is -0.381 e. The third-order valence-corrected chi connectivity index (χ3v) is 3.56. The van der Waals surface area contributed by atoms with Gasteiger partial charge >= 0.3 is 0 Å². The van der Waals surface area contributed by atoms with Crippen LogP contribution in [0.2, 0.25) is 10.0 Å². The van der Waals surface area contributed by atoms with E-state index in [0.717, 1.165) is 48.2 Å². The molecular weight excluding hydrogens is 245 g/mol. The molecule has 1 aliphatic heterocycles. The fourth-order valence-electron chi connectivity index (χ4n) is 1.85. The molecule has 0 spiro atoms. The zero-order valence-electron chi connectivity index (χ0n) is 9.01. The lowest BCUT2D eigenvalue weighted by molar-refractivity contribution is 0.0776. The Morgan fingerprint density at radius 1 is 1.19 bits per heavy atom. The lowest BCUT2D eigenvalue weighted by Gasteiger charge is -2.23. The van der Waals surface area contributed by atoms with Crippen molar-refractivity contribution in [2.45, 2.75) is 25.4 Å². The Balaban J connectivity index is 1.93. The number of ether oxygens (including phenoxy) is 1. The third-order valence-electron chi connectivity index (χ3n) is 2.85. The predicted molar refractivity (Wildman–Crippen MR) is 67.1 cm³/mol. The molecule has 4 heteroatoms. The normalized spacial score (nSPS) is 17.6. The van der Waals surface area contributed by atoms with Gasteiger partial charge in [0.25, 0.3) is 0 Å². The second-order valence-electron chi connectivity index (χ2n) is 3.97. The first-order valence-corrected chi connectivity index (χ1v) is 6.27. The number of hydrogen-bond acceptors (Lipinski definition) is 2. The topological polar surface area (TPSA) is 21.3 Å². The molecule has 16 heavy (non-hydrogen) atoms. The summed E-state index contributed by atoms with van der Waals surface area (Å²) in [6, 6.07) is 6.12. The Bertz CT molecular complexity index is 331. The minimum atomic E-state index is 0.515. The van der Waals surface area contributed by atoms with Gasteiger partial charge in [0.05, 0.1) is 0 Å². The molecule has 0 saturated carbocycles. The van der Waals surface area contributed by atoms with Crippen LogP contribution in [0.15, 0.2) is 18.2 Å². The van der Waals surface area contributed by atoms with E-state index in [4.69, 9.17) is 27.9 Å². The van der Waals surface area contributed by atoms with Crippen molar-refractivity contribution in [1.29, 1.82) is 0 Å². The summed E-state index contributed by atoms with van der Waals surface area (Å²) in [6.45, 7) is 2.41. The fourth-order valence-corrected chi connectivity index (χ4v) is 2.38. The summed E-state index contributed by atoms with van der Waals surface area (Å²) >= 11 is 12.2. The summed E-state index contributed by atoms with van der Waals surface area (Å²) in [7, 11) is 0. The average molecular weight is 260 g/mol. The number of hydrogen-bond donors (Lipinski definition) is 1. The van der Waals surface area contributed by atoms with E-state index < -0.39 is 0 Å². The van der Waals surface area contributed by atoms with Crippen LogP contribution >= 0.6 is 23.2 Å². The van der Waals surface area contributed by atoms with Gasteiger partial charge in [-0.2, -0.15) is 0 Å². The number of nitrogens with one attached hydrogen (secondary N) is 1. The largest absolute Gasteiger partial charge is 0.381 e. The number of halogens is 2. The molecule has 1 aromatic rings. The summed E-state index contributed by atoms with van der Waals surface area (Å²) in [5.74, 6) is 0. The molecule has 2 rings (SSSR count). The monoisotopic (exact) mass is 259 g/mol. The standard InChI is InChI=1S/C12H15Cl2NO/c13-11-2-1-3-12(14)10(11)8-15-9-4-6-16-7-5-9/h1-3,9,15H,4-8H2. The fraction of sp³-hybridized carbons (Fsp3) is 0.500. The van der Waals surface area contributed by atoms with Gasteiger partial charge in [-0.05, 0) is 25.0 Å². The van der Waals surface area contributed by atoms with Crippen LogP contribution in [0.4, 0.5) is 0 Å². The first-order valence-electron chi connectivity index (χ1n) is 5.51. The van der Waals surface area contributed by atoms with Crippen LogP contribution in [0.5, 0.6) is 0 Å². The van der Waals surface area contributed by atoms with Gasteiger partial charge < -0.3 is 10.1 Å². The van der Waals surface area contributed by atoms with Crippen molar-refractivity contribution in [3.63, 3.8) is 0 Å². The molecule has 0 atom stereocenters. The first-order chi connectivity index (χ1) is 7.77. The lowest BCUT2D eigenvalue weighted by atomic mass is 10.1. The van der Waals surface area contributed by atoms with Crippen molar-refractivity contribution >= 4 is 23.2 Å². The molecule has 1 heterocycles. The van der Waals surface area contributed by atoms with Gasteiger partial charge in [0.1, 0.15) is 0 Å². The summed E-state index contributed by atoms with van der Waals surface area (Å²) < 4.78 is 5.31. The third kappa shape index (κ3) is 3.11. The molecule has 0 bridgehead atoms. The zero-order chi connectivity index (χ0) is 11.4. The highest BCUT2D eigenvalue weighted by Gasteiger charge is 2.14. The zero-order valence-corrected chi connectivity index (χ0v) is 10.5. The van der Waals surface area contributed by atoms with E-state index in [1.165, 1.54) is 0 Å². The summed E-state index contributed by atoms with van der Waals surface area (Å²) in [4.78, 5) is 0. The molecule has 1 fully saturated rings. The molecule has 0 unspecified atom stereocenters. The molecule has 1 saturated heterocycles. The van der Waals surface area contributed by atoms with Gasteiger partial charge in [-0.25, -0.2) is 0 Å². The van der Waals surface area contributed by atoms with Crippen molar-refractivity contribution in [1.82, 2.24) is 5.32 Å².